The molecule has 1 atom stereocenters. The molecule has 2 heterocycles. The van der Waals surface area contributed by atoms with Gasteiger partial charge in [0.2, 0.25) is 5.91 Å². The summed E-state index contributed by atoms with van der Waals surface area (Å²) in [5.74, 6) is 0.428. The largest absolute Gasteiger partial charge is 0.493 e. The molecule has 0 radical (unpaired) electrons. The van der Waals surface area contributed by atoms with E-state index in [1.807, 2.05) is 19.1 Å². The third-order valence-electron chi connectivity index (χ3n) is 5.70. The van der Waals surface area contributed by atoms with Gasteiger partial charge in [-0.05, 0) is 38.0 Å². The quantitative estimate of drug-likeness (QED) is 0.561. The lowest BCUT2D eigenvalue weighted by molar-refractivity contribution is -0.122. The number of nitrogens with one attached hydrogen (secondary N) is 1. The molecule has 0 spiro atoms. The number of benzene rings is 2. The van der Waals surface area contributed by atoms with Gasteiger partial charge in [-0.1, -0.05) is 36.2 Å². The maximum absolute atomic E-state index is 12.4. The van der Waals surface area contributed by atoms with E-state index in [9.17, 15) is 14.4 Å². The normalized spacial score (nSPS) is 17.4. The summed E-state index contributed by atoms with van der Waals surface area (Å²) in [5, 5.41) is 3.12. The highest BCUT2D eigenvalue weighted by Gasteiger charge is 2.34. The molecular formula is C24H26N2O4. The summed E-state index contributed by atoms with van der Waals surface area (Å²) in [6.45, 7) is 3.02. The van der Waals surface area contributed by atoms with Gasteiger partial charge in [-0.15, -0.1) is 0 Å². The van der Waals surface area contributed by atoms with Crippen LogP contribution in [0.25, 0.3) is 0 Å². The summed E-state index contributed by atoms with van der Waals surface area (Å²) in [6, 6.07) is 12.9. The van der Waals surface area contributed by atoms with Gasteiger partial charge in [0.05, 0.1) is 23.8 Å². The molecule has 0 bridgehead atoms. The van der Waals surface area contributed by atoms with Crippen LogP contribution in [0.5, 0.6) is 5.75 Å². The number of unbranched alkanes of at least 4 members (excludes halogenated alkanes) is 2. The third kappa shape index (κ3) is 4.08. The van der Waals surface area contributed by atoms with E-state index in [0.717, 1.165) is 36.1 Å². The molecule has 0 aliphatic carbocycles. The minimum atomic E-state index is -0.221. The van der Waals surface area contributed by atoms with Crippen molar-refractivity contribution in [3.63, 3.8) is 0 Å². The van der Waals surface area contributed by atoms with Gasteiger partial charge in [0.15, 0.2) is 0 Å². The smallest absolute Gasteiger partial charge is 0.261 e. The Labute approximate surface area is 176 Å². The van der Waals surface area contributed by atoms with Crippen LogP contribution in [0.4, 0.5) is 0 Å². The number of hydrogen-bond donors (Lipinski definition) is 1. The molecule has 0 fully saturated rings. The van der Waals surface area contributed by atoms with Crippen molar-refractivity contribution in [3.05, 3.63) is 64.7 Å². The molecule has 2 aromatic carbocycles. The van der Waals surface area contributed by atoms with Crippen LogP contribution < -0.4 is 10.1 Å². The summed E-state index contributed by atoms with van der Waals surface area (Å²) >= 11 is 0. The molecule has 156 valence electrons. The molecule has 2 aliphatic rings. The zero-order valence-electron chi connectivity index (χ0n) is 17.1. The van der Waals surface area contributed by atoms with Gasteiger partial charge in [0, 0.05) is 24.9 Å². The Morgan fingerprint density at radius 3 is 2.53 bits per heavy atom. The van der Waals surface area contributed by atoms with Gasteiger partial charge >= 0.3 is 0 Å². The predicted molar refractivity (Wildman–Crippen MR) is 112 cm³/mol. The number of ether oxygens (including phenoxy) is 1. The number of rotatable bonds is 7. The van der Waals surface area contributed by atoms with Gasteiger partial charge in [-0.25, -0.2) is 0 Å². The van der Waals surface area contributed by atoms with Gasteiger partial charge in [0.25, 0.3) is 11.8 Å². The fraction of sp³-hybridized carbons (Fsp3) is 0.375. The number of hydrogen-bond acceptors (Lipinski definition) is 4. The van der Waals surface area contributed by atoms with Crippen LogP contribution in [0, 0.1) is 6.92 Å². The molecule has 4 rings (SSSR count). The average molecular weight is 406 g/mol. The first kappa shape index (κ1) is 20.1. The van der Waals surface area contributed by atoms with Crippen molar-refractivity contribution < 1.29 is 19.1 Å². The van der Waals surface area contributed by atoms with Gasteiger partial charge in [-0.2, -0.15) is 0 Å². The lowest BCUT2D eigenvalue weighted by atomic mass is 9.98. The summed E-state index contributed by atoms with van der Waals surface area (Å²) in [6.07, 6.45) is 3.39. The second-order valence-electron chi connectivity index (χ2n) is 7.92. The van der Waals surface area contributed by atoms with E-state index >= 15 is 0 Å². The van der Waals surface area contributed by atoms with Crippen LogP contribution >= 0.6 is 0 Å². The first-order valence-electron chi connectivity index (χ1n) is 10.5. The van der Waals surface area contributed by atoms with Gasteiger partial charge in [-0.3, -0.25) is 19.3 Å². The zero-order valence-corrected chi connectivity index (χ0v) is 17.1. The Morgan fingerprint density at radius 2 is 1.80 bits per heavy atom. The monoisotopic (exact) mass is 406 g/mol. The minimum absolute atomic E-state index is 0.0144. The Hall–Kier alpha value is -3.15. The van der Waals surface area contributed by atoms with Crippen LogP contribution in [-0.2, 0) is 4.79 Å². The summed E-state index contributed by atoms with van der Waals surface area (Å²) in [7, 11) is 0. The molecular weight excluding hydrogens is 380 g/mol. The van der Waals surface area contributed by atoms with Crippen molar-refractivity contribution in [1.82, 2.24) is 10.2 Å². The van der Waals surface area contributed by atoms with E-state index in [1.165, 1.54) is 4.90 Å². The van der Waals surface area contributed by atoms with Crippen molar-refractivity contribution in [3.8, 4) is 5.75 Å². The van der Waals surface area contributed by atoms with Crippen LogP contribution in [-0.4, -0.2) is 35.8 Å². The molecule has 6 heteroatoms. The maximum Gasteiger partial charge on any atom is 0.261 e. The number of aryl methyl sites for hydroxylation is 1. The molecule has 2 aliphatic heterocycles. The highest BCUT2D eigenvalue weighted by atomic mass is 16.5. The van der Waals surface area contributed by atoms with E-state index < -0.39 is 0 Å². The Morgan fingerprint density at radius 1 is 1.07 bits per heavy atom. The molecule has 6 nitrogen and oxygen atoms in total. The van der Waals surface area contributed by atoms with Crippen molar-refractivity contribution in [2.24, 2.45) is 0 Å². The summed E-state index contributed by atoms with van der Waals surface area (Å²) < 4.78 is 5.68. The van der Waals surface area contributed by atoms with E-state index in [1.54, 1.807) is 24.3 Å². The minimum Gasteiger partial charge on any atom is -0.493 e. The topological polar surface area (TPSA) is 75.7 Å². The zero-order chi connectivity index (χ0) is 21.1. The highest BCUT2D eigenvalue weighted by Crippen LogP contribution is 2.32. The molecule has 2 aromatic rings. The molecule has 0 aromatic heterocycles. The Kier molecular flexibility index (Phi) is 5.84. The second-order valence-corrected chi connectivity index (χ2v) is 7.92. The fourth-order valence-electron chi connectivity index (χ4n) is 4.10. The summed E-state index contributed by atoms with van der Waals surface area (Å²) in [4.78, 5) is 38.4. The number of imide groups is 1. The number of nitrogens with zero attached hydrogens (tertiary/aromatic N) is 1. The van der Waals surface area contributed by atoms with E-state index in [-0.39, 0.29) is 23.8 Å². The maximum atomic E-state index is 12.4. The SMILES string of the molecule is Cc1ccc2c(c1)C(NC(=O)CCCCCN1C(=O)c3ccccc3C1=O)CCO2. The lowest BCUT2D eigenvalue weighted by Crippen LogP contribution is -2.32. The summed E-state index contributed by atoms with van der Waals surface area (Å²) in [5.41, 5.74) is 3.15. The lowest BCUT2D eigenvalue weighted by Gasteiger charge is -2.27. The van der Waals surface area contributed by atoms with Crippen LogP contribution in [0.1, 0.15) is 70.0 Å². The van der Waals surface area contributed by atoms with Crippen molar-refractivity contribution >= 4 is 17.7 Å². The van der Waals surface area contributed by atoms with Crippen LogP contribution in [0.15, 0.2) is 42.5 Å². The van der Waals surface area contributed by atoms with E-state index in [0.29, 0.717) is 37.1 Å². The third-order valence-corrected chi connectivity index (χ3v) is 5.70. The van der Waals surface area contributed by atoms with Crippen LogP contribution in [0.3, 0.4) is 0 Å². The van der Waals surface area contributed by atoms with Gasteiger partial charge < -0.3 is 10.1 Å². The highest BCUT2D eigenvalue weighted by molar-refractivity contribution is 6.21. The Balaban J connectivity index is 1.21. The van der Waals surface area contributed by atoms with E-state index in [2.05, 4.69) is 11.4 Å². The molecule has 30 heavy (non-hydrogen) atoms. The average Bonchev–Trinajstić information content (AvgIpc) is 2.99. The molecule has 1 N–H and O–H groups in total. The number of carbonyl (C=O) groups is 3. The number of amides is 3. The molecule has 0 saturated carbocycles. The molecule has 0 saturated heterocycles. The van der Waals surface area contributed by atoms with E-state index in [4.69, 9.17) is 4.74 Å². The second kappa shape index (κ2) is 8.69. The first-order valence-corrected chi connectivity index (χ1v) is 10.5. The van der Waals surface area contributed by atoms with Crippen molar-refractivity contribution in [1.29, 1.82) is 0 Å². The number of carbonyl (C=O) groups excluding carboxylic acids is 3. The van der Waals surface area contributed by atoms with Crippen molar-refractivity contribution in [2.75, 3.05) is 13.2 Å². The standard InChI is InChI=1S/C24H26N2O4/c1-16-10-11-21-19(15-16)20(12-14-30-21)25-22(27)9-3-2-6-13-26-23(28)17-7-4-5-8-18(17)24(26)29/h4-5,7-8,10-11,15,20H,2-3,6,9,12-14H2,1H3,(H,25,27). The van der Waals surface area contributed by atoms with Crippen LogP contribution in [0.2, 0.25) is 0 Å². The molecule has 3 amide bonds. The Bertz CT molecular complexity index is 950. The van der Waals surface area contributed by atoms with Gasteiger partial charge in [0.1, 0.15) is 5.75 Å². The molecule has 1 unspecified atom stereocenters. The number of fused-ring (bicyclic) bond motifs is 2. The van der Waals surface area contributed by atoms with Crippen molar-refractivity contribution in [2.45, 2.75) is 45.1 Å². The first-order chi connectivity index (χ1) is 14.5. The fourth-order valence-corrected chi connectivity index (χ4v) is 4.10. The predicted octanol–water partition coefficient (Wildman–Crippen LogP) is 3.79.